The molecular formula is C31H26F4N6O4S. The lowest BCUT2D eigenvalue weighted by Gasteiger charge is -2.32. The average molecular weight is 655 g/mol. The molecule has 15 heteroatoms. The molecule has 2 N–H and O–H groups in total. The Morgan fingerprint density at radius 3 is 2.26 bits per heavy atom. The standard InChI is InChI=1S/C31H26F4N6O4S/c32-23-24(33)26(35)29(28(25(23)34)45-21-12-13-21)46(42,43)40-14-4-5-18(15-40)41-31-22(30(36)37-16-38-31)27(39-41)17-8-10-20(11-9-17)44-19-6-2-1-3-7-19/h1-3,6-11,16,18,21H,4-5,12-15H2,(H2,36,37,38)/t18-/m1/s1. The van der Waals surface area contributed by atoms with Crippen LogP contribution in [0.25, 0.3) is 22.3 Å². The number of fused-ring (bicyclic) bond motifs is 1. The summed E-state index contributed by atoms with van der Waals surface area (Å²) in [6, 6.07) is 15.7. The maximum absolute atomic E-state index is 15.1. The fourth-order valence-corrected chi connectivity index (χ4v) is 7.19. The summed E-state index contributed by atoms with van der Waals surface area (Å²) >= 11 is 0. The number of nitrogens with two attached hydrogens (primary N) is 1. The van der Waals surface area contributed by atoms with Crippen LogP contribution >= 0.6 is 0 Å². The van der Waals surface area contributed by atoms with Crippen LogP contribution in [0.5, 0.6) is 17.2 Å². The van der Waals surface area contributed by atoms with E-state index < -0.39 is 56.1 Å². The van der Waals surface area contributed by atoms with E-state index in [-0.39, 0.29) is 18.9 Å². The van der Waals surface area contributed by atoms with Gasteiger partial charge in [0.2, 0.25) is 21.7 Å². The van der Waals surface area contributed by atoms with Crippen molar-refractivity contribution in [1.82, 2.24) is 24.1 Å². The molecule has 0 amide bonds. The number of hydrogen-bond acceptors (Lipinski definition) is 8. The molecule has 0 radical (unpaired) electrons. The maximum Gasteiger partial charge on any atom is 0.250 e. The van der Waals surface area contributed by atoms with Crippen molar-refractivity contribution >= 4 is 26.9 Å². The zero-order valence-corrected chi connectivity index (χ0v) is 24.9. The molecule has 1 atom stereocenters. The molecular weight excluding hydrogens is 628 g/mol. The normalized spacial score (nSPS) is 17.3. The van der Waals surface area contributed by atoms with Gasteiger partial charge in [-0.15, -0.1) is 0 Å². The molecule has 1 aliphatic heterocycles. The molecule has 0 bridgehead atoms. The van der Waals surface area contributed by atoms with Gasteiger partial charge in [0, 0.05) is 18.7 Å². The summed E-state index contributed by atoms with van der Waals surface area (Å²) in [5, 5.41) is 5.21. The quantitative estimate of drug-likeness (QED) is 0.123. The molecule has 3 heterocycles. The van der Waals surface area contributed by atoms with Gasteiger partial charge >= 0.3 is 0 Å². The smallest absolute Gasteiger partial charge is 0.250 e. The van der Waals surface area contributed by atoms with Crippen LogP contribution in [0.4, 0.5) is 23.4 Å². The fourth-order valence-electron chi connectivity index (χ4n) is 5.51. The number of anilines is 1. The van der Waals surface area contributed by atoms with Crippen molar-refractivity contribution in [3.63, 3.8) is 0 Å². The summed E-state index contributed by atoms with van der Waals surface area (Å²) in [6.07, 6.45) is 2.24. The number of ether oxygens (including phenoxy) is 2. The summed E-state index contributed by atoms with van der Waals surface area (Å²) < 4.78 is 99.6. The van der Waals surface area contributed by atoms with Gasteiger partial charge in [0.25, 0.3) is 0 Å². The van der Waals surface area contributed by atoms with Gasteiger partial charge in [-0.05, 0) is 62.1 Å². The molecule has 0 spiro atoms. The summed E-state index contributed by atoms with van der Waals surface area (Å²) in [5.41, 5.74) is 7.70. The lowest BCUT2D eigenvalue weighted by Crippen LogP contribution is -2.41. The van der Waals surface area contributed by atoms with Gasteiger partial charge in [-0.25, -0.2) is 36.2 Å². The minimum absolute atomic E-state index is 0.0895. The Balaban J connectivity index is 1.23. The third-order valence-corrected chi connectivity index (χ3v) is 9.81. The first kappa shape index (κ1) is 29.9. The third kappa shape index (κ3) is 5.28. The van der Waals surface area contributed by atoms with Crippen molar-refractivity contribution < 1.29 is 35.5 Å². The van der Waals surface area contributed by atoms with Crippen LogP contribution in [-0.2, 0) is 10.0 Å². The van der Waals surface area contributed by atoms with Crippen molar-refractivity contribution in [2.45, 2.75) is 42.7 Å². The molecule has 5 aromatic rings. The average Bonchev–Trinajstić information content (AvgIpc) is 3.80. The Morgan fingerprint density at radius 1 is 0.848 bits per heavy atom. The van der Waals surface area contributed by atoms with E-state index in [2.05, 4.69) is 9.97 Å². The van der Waals surface area contributed by atoms with E-state index in [1.165, 1.54) is 11.0 Å². The van der Waals surface area contributed by atoms with E-state index in [0.717, 1.165) is 4.31 Å². The van der Waals surface area contributed by atoms with Crippen molar-refractivity contribution in [2.75, 3.05) is 18.8 Å². The molecule has 1 saturated heterocycles. The predicted octanol–water partition coefficient (Wildman–Crippen LogP) is 5.99. The van der Waals surface area contributed by atoms with E-state index in [9.17, 15) is 21.6 Å². The Kier molecular flexibility index (Phi) is 7.51. The second kappa shape index (κ2) is 11.6. The highest BCUT2D eigenvalue weighted by Gasteiger charge is 2.42. The maximum atomic E-state index is 15.1. The van der Waals surface area contributed by atoms with Crippen LogP contribution in [0, 0.1) is 23.3 Å². The molecule has 0 unspecified atom stereocenters. The van der Waals surface area contributed by atoms with E-state index in [1.54, 1.807) is 24.3 Å². The van der Waals surface area contributed by atoms with Crippen molar-refractivity contribution in [3.8, 4) is 28.5 Å². The first-order valence-electron chi connectivity index (χ1n) is 14.5. The molecule has 2 aliphatic rings. The SMILES string of the molecule is Nc1ncnc2c1c(-c1ccc(Oc3ccccc3)cc1)nn2[C@@H]1CCCN(S(=O)(=O)c2c(F)c(F)c(F)c(F)c2OC2CC2)C1. The number of para-hydroxylation sites is 1. The molecule has 7 rings (SSSR count). The number of hydrogen-bond donors (Lipinski definition) is 1. The number of benzene rings is 3. The minimum Gasteiger partial charge on any atom is -0.486 e. The molecule has 10 nitrogen and oxygen atoms in total. The van der Waals surface area contributed by atoms with Gasteiger partial charge in [-0.2, -0.15) is 13.8 Å². The molecule has 238 valence electrons. The zero-order chi connectivity index (χ0) is 32.2. The lowest BCUT2D eigenvalue weighted by atomic mass is 10.1. The summed E-state index contributed by atoms with van der Waals surface area (Å²) in [5.74, 6) is -8.07. The fraction of sp³-hybridized carbons (Fsp3) is 0.258. The molecule has 1 saturated carbocycles. The number of nitrogens with zero attached hydrogens (tertiary/aromatic N) is 5. The summed E-state index contributed by atoms with van der Waals surface area (Å²) in [4.78, 5) is 7.13. The number of sulfonamides is 1. The highest BCUT2D eigenvalue weighted by Crippen LogP contribution is 2.41. The van der Waals surface area contributed by atoms with Crippen LogP contribution in [0.15, 0.2) is 65.8 Å². The number of aromatic nitrogens is 4. The molecule has 2 fully saturated rings. The second-order valence-electron chi connectivity index (χ2n) is 11.1. The molecule has 1 aliphatic carbocycles. The lowest BCUT2D eigenvalue weighted by molar-refractivity contribution is 0.246. The van der Waals surface area contributed by atoms with Crippen molar-refractivity contribution in [1.29, 1.82) is 0 Å². The van der Waals surface area contributed by atoms with E-state index in [0.29, 0.717) is 59.5 Å². The van der Waals surface area contributed by atoms with E-state index in [4.69, 9.17) is 20.3 Å². The molecule has 46 heavy (non-hydrogen) atoms. The number of rotatable bonds is 8. The van der Waals surface area contributed by atoms with Crippen LogP contribution < -0.4 is 15.2 Å². The van der Waals surface area contributed by atoms with Crippen LogP contribution in [0.3, 0.4) is 0 Å². The van der Waals surface area contributed by atoms with Gasteiger partial charge in [0.05, 0.1) is 17.5 Å². The zero-order valence-electron chi connectivity index (χ0n) is 24.0. The van der Waals surface area contributed by atoms with Gasteiger partial charge in [0.1, 0.15) is 29.3 Å². The van der Waals surface area contributed by atoms with E-state index >= 15 is 4.39 Å². The Bertz CT molecular complexity index is 2060. The number of piperidine rings is 1. The van der Waals surface area contributed by atoms with Gasteiger partial charge in [-0.3, -0.25) is 0 Å². The largest absolute Gasteiger partial charge is 0.486 e. The van der Waals surface area contributed by atoms with Crippen LogP contribution in [0.1, 0.15) is 31.7 Å². The Labute approximate surface area is 260 Å². The molecule has 3 aromatic carbocycles. The highest BCUT2D eigenvalue weighted by molar-refractivity contribution is 7.89. The molecule has 2 aromatic heterocycles. The van der Waals surface area contributed by atoms with Crippen LogP contribution in [0.2, 0.25) is 0 Å². The van der Waals surface area contributed by atoms with E-state index in [1.807, 2.05) is 30.3 Å². The number of nitrogen functional groups attached to an aromatic ring is 1. The minimum atomic E-state index is -4.91. The highest BCUT2D eigenvalue weighted by atomic mass is 32.2. The first-order valence-corrected chi connectivity index (χ1v) is 15.9. The summed E-state index contributed by atoms with van der Waals surface area (Å²) in [6.45, 7) is -0.344. The monoisotopic (exact) mass is 654 g/mol. The number of halogens is 4. The van der Waals surface area contributed by atoms with Gasteiger partial charge < -0.3 is 15.2 Å². The Hall–Kier alpha value is -4.76. The third-order valence-electron chi connectivity index (χ3n) is 7.92. The Morgan fingerprint density at radius 2 is 1.54 bits per heavy atom. The topological polar surface area (TPSA) is 125 Å². The predicted molar refractivity (Wildman–Crippen MR) is 159 cm³/mol. The first-order chi connectivity index (χ1) is 22.1. The summed E-state index contributed by atoms with van der Waals surface area (Å²) in [7, 11) is -4.91. The second-order valence-corrected chi connectivity index (χ2v) is 13.0. The van der Waals surface area contributed by atoms with Gasteiger partial charge in [-0.1, -0.05) is 18.2 Å². The van der Waals surface area contributed by atoms with Gasteiger partial charge in [0.15, 0.2) is 27.9 Å². The van der Waals surface area contributed by atoms with Crippen molar-refractivity contribution in [3.05, 3.63) is 84.2 Å². The van der Waals surface area contributed by atoms with Crippen LogP contribution in [-0.4, -0.2) is 51.7 Å². The van der Waals surface area contributed by atoms with Crippen molar-refractivity contribution in [2.24, 2.45) is 0 Å².